The van der Waals surface area contributed by atoms with Crippen molar-refractivity contribution < 1.29 is 9.59 Å². The third-order valence-corrected chi connectivity index (χ3v) is 6.10. The molecule has 0 aromatic rings. The first-order valence-electron chi connectivity index (χ1n) is 11.6. The molecule has 4 nitrogen and oxygen atoms in total. The van der Waals surface area contributed by atoms with Crippen LogP contribution in [0.2, 0.25) is 11.6 Å². The first-order valence-corrected chi connectivity index (χ1v) is 11.6. The standard InChI is InChI=1S/C22H38B2N2O2/c1-18(26-22(28)24-20-14-10-6-3-7-11-15-20)16-17-25-21(27)23-19-12-8-4-2-5-9-13-19/h19-20H,1-17H2,(H,25,27)(H,26,28). The van der Waals surface area contributed by atoms with Crippen molar-refractivity contribution in [3.63, 3.8) is 0 Å². The smallest absolute Gasteiger partial charge is 0.236 e. The Balaban J connectivity index is 1.56. The van der Waals surface area contributed by atoms with Crippen LogP contribution in [0, 0.1) is 0 Å². The van der Waals surface area contributed by atoms with Gasteiger partial charge in [0.05, 0.1) is 0 Å². The van der Waals surface area contributed by atoms with Gasteiger partial charge in [0.2, 0.25) is 14.6 Å². The summed E-state index contributed by atoms with van der Waals surface area (Å²) in [5.41, 5.74) is 0.679. The van der Waals surface area contributed by atoms with E-state index in [1.54, 1.807) is 0 Å². The highest BCUT2D eigenvalue weighted by Crippen LogP contribution is 2.26. The predicted molar refractivity (Wildman–Crippen MR) is 119 cm³/mol. The molecule has 0 bridgehead atoms. The van der Waals surface area contributed by atoms with Crippen LogP contribution >= 0.6 is 0 Å². The first kappa shape index (κ1) is 23.1. The minimum Gasteiger partial charge on any atom is -0.365 e. The van der Waals surface area contributed by atoms with Gasteiger partial charge in [0.15, 0.2) is 11.6 Å². The average Bonchev–Trinajstić information content (AvgIpc) is 2.59. The van der Waals surface area contributed by atoms with E-state index >= 15 is 0 Å². The van der Waals surface area contributed by atoms with Crippen LogP contribution < -0.4 is 10.6 Å². The summed E-state index contributed by atoms with van der Waals surface area (Å²) in [4.78, 5) is 24.4. The van der Waals surface area contributed by atoms with E-state index in [1.807, 2.05) is 14.6 Å². The number of hydrogen-bond donors (Lipinski definition) is 2. The van der Waals surface area contributed by atoms with Gasteiger partial charge in [0, 0.05) is 18.7 Å². The number of nitrogens with one attached hydrogen (secondary N) is 2. The van der Waals surface area contributed by atoms with E-state index in [2.05, 4.69) is 17.2 Å². The Morgan fingerprint density at radius 3 is 1.64 bits per heavy atom. The Kier molecular flexibility index (Phi) is 11.5. The molecule has 2 fully saturated rings. The molecule has 0 aromatic carbocycles. The van der Waals surface area contributed by atoms with Gasteiger partial charge in [-0.1, -0.05) is 108 Å². The van der Waals surface area contributed by atoms with Crippen LogP contribution in [0.15, 0.2) is 12.3 Å². The van der Waals surface area contributed by atoms with Gasteiger partial charge in [0.1, 0.15) is 0 Å². The fourth-order valence-electron chi connectivity index (χ4n) is 4.41. The summed E-state index contributed by atoms with van der Waals surface area (Å²) in [6, 6.07) is 0. The minimum atomic E-state index is -0.0389. The first-order chi connectivity index (χ1) is 13.6. The Bertz CT molecular complexity index is 483. The van der Waals surface area contributed by atoms with E-state index in [0.717, 1.165) is 25.7 Å². The summed E-state index contributed by atoms with van der Waals surface area (Å²) >= 11 is 0. The number of hydrogen-bond acceptors (Lipinski definition) is 2. The molecule has 0 spiro atoms. The van der Waals surface area contributed by atoms with Gasteiger partial charge in [-0.2, -0.15) is 0 Å². The molecule has 6 heteroatoms. The van der Waals surface area contributed by atoms with Crippen LogP contribution in [0.5, 0.6) is 0 Å². The lowest BCUT2D eigenvalue weighted by Gasteiger charge is -2.19. The van der Waals surface area contributed by atoms with Gasteiger partial charge in [-0.05, 0) is 0 Å². The van der Waals surface area contributed by atoms with E-state index in [9.17, 15) is 9.59 Å². The van der Waals surface area contributed by atoms with Crippen LogP contribution in [0.4, 0.5) is 9.59 Å². The fourth-order valence-corrected chi connectivity index (χ4v) is 4.41. The van der Waals surface area contributed by atoms with Gasteiger partial charge in [-0.15, -0.1) is 0 Å². The normalized spacial score (nSPS) is 20.0. The highest BCUT2D eigenvalue weighted by Gasteiger charge is 2.19. The molecule has 2 rings (SSSR count). The van der Waals surface area contributed by atoms with Crippen molar-refractivity contribution in [2.24, 2.45) is 0 Å². The second-order valence-electron chi connectivity index (χ2n) is 8.68. The molecule has 2 aliphatic rings. The number of carbonyl (C=O) groups is 2. The van der Waals surface area contributed by atoms with E-state index in [4.69, 9.17) is 0 Å². The van der Waals surface area contributed by atoms with Crippen LogP contribution in [0.1, 0.15) is 96.3 Å². The Morgan fingerprint density at radius 2 is 1.14 bits per heavy atom. The highest BCUT2D eigenvalue weighted by molar-refractivity contribution is 6.75. The summed E-state index contributed by atoms with van der Waals surface area (Å²) in [5.74, 6) is 0.793. The van der Waals surface area contributed by atoms with Crippen LogP contribution in [0.3, 0.4) is 0 Å². The van der Waals surface area contributed by atoms with Gasteiger partial charge in [0.25, 0.3) is 0 Å². The topological polar surface area (TPSA) is 58.2 Å². The Hall–Kier alpha value is -1.19. The molecule has 0 unspecified atom stereocenters. The zero-order valence-electron chi connectivity index (χ0n) is 17.6. The van der Waals surface area contributed by atoms with Crippen LogP contribution in [-0.2, 0) is 0 Å². The van der Waals surface area contributed by atoms with Crippen molar-refractivity contribution in [2.45, 2.75) is 108 Å². The maximum absolute atomic E-state index is 12.2. The highest BCUT2D eigenvalue weighted by atomic mass is 16.1. The van der Waals surface area contributed by atoms with Crippen LogP contribution in [-0.4, -0.2) is 32.7 Å². The molecule has 2 saturated carbocycles. The molecule has 154 valence electrons. The minimum absolute atomic E-state index is 0.0192. The van der Waals surface area contributed by atoms with Crippen molar-refractivity contribution >= 4 is 26.2 Å². The lowest BCUT2D eigenvalue weighted by atomic mass is 9.59. The maximum atomic E-state index is 12.2. The molecule has 2 N–H and O–H groups in total. The lowest BCUT2D eigenvalue weighted by Crippen LogP contribution is -2.33. The van der Waals surface area contributed by atoms with Gasteiger partial charge in [-0.25, -0.2) is 0 Å². The van der Waals surface area contributed by atoms with Crippen molar-refractivity contribution in [1.82, 2.24) is 10.6 Å². The van der Waals surface area contributed by atoms with E-state index in [0.29, 0.717) is 30.3 Å². The zero-order chi connectivity index (χ0) is 20.0. The summed E-state index contributed by atoms with van der Waals surface area (Å²) in [5, 5.41) is 5.83. The van der Waals surface area contributed by atoms with Crippen molar-refractivity contribution in [2.75, 3.05) is 6.54 Å². The monoisotopic (exact) mass is 384 g/mol. The number of rotatable bonds is 8. The van der Waals surface area contributed by atoms with Crippen molar-refractivity contribution in [3.8, 4) is 0 Å². The summed E-state index contributed by atoms with van der Waals surface area (Å²) < 4.78 is 0. The van der Waals surface area contributed by atoms with Gasteiger partial charge in [-0.3, -0.25) is 9.59 Å². The summed E-state index contributed by atoms with van der Waals surface area (Å²) in [7, 11) is 3.71. The average molecular weight is 384 g/mol. The summed E-state index contributed by atoms with van der Waals surface area (Å²) in [6.45, 7) is 4.46. The molecule has 0 saturated heterocycles. The van der Waals surface area contributed by atoms with E-state index in [-0.39, 0.29) is 11.6 Å². The zero-order valence-corrected chi connectivity index (χ0v) is 17.6. The van der Waals surface area contributed by atoms with Crippen molar-refractivity contribution in [1.29, 1.82) is 0 Å². The summed E-state index contributed by atoms with van der Waals surface area (Å²) in [6.07, 6.45) is 17.8. The molecule has 0 aromatic heterocycles. The molecule has 0 aliphatic heterocycles. The second-order valence-corrected chi connectivity index (χ2v) is 8.68. The van der Waals surface area contributed by atoms with E-state index < -0.39 is 0 Å². The number of carbonyl (C=O) groups excluding carboxylic acids is 2. The quantitative estimate of drug-likeness (QED) is 0.521. The third kappa shape index (κ3) is 10.4. The molecular formula is C22H38B2N2O2. The molecule has 0 atom stereocenters. The SMILES string of the molecule is C=C(CCNC(=O)[B]C1CCCCCCC1)NC(=O)[B]C1CCCCCCC1. The second kappa shape index (κ2) is 13.9. The fraction of sp³-hybridized carbons (Fsp3) is 0.818. The molecule has 0 heterocycles. The van der Waals surface area contributed by atoms with Crippen LogP contribution in [0.25, 0.3) is 0 Å². The molecule has 2 aliphatic carbocycles. The van der Waals surface area contributed by atoms with Gasteiger partial charge >= 0.3 is 0 Å². The molecule has 2 radical (unpaired) electrons. The third-order valence-electron chi connectivity index (χ3n) is 6.10. The lowest BCUT2D eigenvalue weighted by molar-refractivity contribution is 0.258. The van der Waals surface area contributed by atoms with Crippen molar-refractivity contribution in [3.05, 3.63) is 12.3 Å². The van der Waals surface area contributed by atoms with E-state index in [1.165, 1.54) is 64.2 Å². The van der Waals surface area contributed by atoms with Gasteiger partial charge < -0.3 is 10.6 Å². The predicted octanol–water partition coefficient (Wildman–Crippen LogP) is 5.78. The molecule has 28 heavy (non-hydrogen) atoms. The Labute approximate surface area is 173 Å². The maximum Gasteiger partial charge on any atom is 0.236 e. The molecular weight excluding hydrogens is 346 g/mol. The largest absolute Gasteiger partial charge is 0.365 e. The number of amides is 2. The Morgan fingerprint density at radius 1 is 0.714 bits per heavy atom. The molecule has 2 amide bonds.